The van der Waals surface area contributed by atoms with Crippen LogP contribution in [0.25, 0.3) is 0 Å². The zero-order valence-corrected chi connectivity index (χ0v) is 11.4. The average Bonchev–Trinajstić information content (AvgIpc) is 2.21. The standard InChI is InChI=1S/C11H22O4Si/c1-10(2)11(13)14-7-5-9-16(3,4)15-8-6-12/h12H,1,5-9H2,2-4H3. The molecule has 0 aromatic rings. The van der Waals surface area contributed by atoms with Crippen molar-refractivity contribution in [3.05, 3.63) is 12.2 Å². The maximum atomic E-state index is 11.1. The Balaban J connectivity index is 3.64. The number of carbonyl (C=O) groups excluding carboxylic acids is 1. The van der Waals surface area contributed by atoms with E-state index < -0.39 is 8.32 Å². The van der Waals surface area contributed by atoms with Crippen molar-refractivity contribution in [3.8, 4) is 0 Å². The number of hydrogen-bond donors (Lipinski definition) is 1. The summed E-state index contributed by atoms with van der Waals surface area (Å²) < 4.78 is 10.5. The molecule has 0 spiro atoms. The van der Waals surface area contributed by atoms with Gasteiger partial charge in [-0.05, 0) is 32.5 Å². The first kappa shape index (κ1) is 15.3. The molecule has 0 fully saturated rings. The molecule has 94 valence electrons. The quantitative estimate of drug-likeness (QED) is 0.306. The average molecular weight is 246 g/mol. The van der Waals surface area contributed by atoms with Crippen LogP contribution in [0.5, 0.6) is 0 Å². The third kappa shape index (κ3) is 7.61. The highest BCUT2D eigenvalue weighted by Gasteiger charge is 2.21. The second kappa shape index (κ2) is 7.59. The van der Waals surface area contributed by atoms with Crippen LogP contribution < -0.4 is 0 Å². The van der Waals surface area contributed by atoms with Gasteiger partial charge < -0.3 is 14.3 Å². The predicted molar refractivity (Wildman–Crippen MR) is 65.7 cm³/mol. The molecule has 0 aromatic heterocycles. The number of hydrogen-bond acceptors (Lipinski definition) is 4. The van der Waals surface area contributed by atoms with Crippen molar-refractivity contribution in [3.63, 3.8) is 0 Å². The van der Waals surface area contributed by atoms with Gasteiger partial charge in [0.1, 0.15) is 0 Å². The molecule has 0 unspecified atom stereocenters. The lowest BCUT2D eigenvalue weighted by atomic mass is 10.4. The minimum absolute atomic E-state index is 0.0566. The van der Waals surface area contributed by atoms with E-state index in [2.05, 4.69) is 19.7 Å². The zero-order chi connectivity index (χ0) is 12.6. The molecule has 0 atom stereocenters. The summed E-state index contributed by atoms with van der Waals surface area (Å²) in [5.74, 6) is -0.337. The molecule has 0 aliphatic heterocycles. The Morgan fingerprint density at radius 2 is 2.00 bits per heavy atom. The Morgan fingerprint density at radius 1 is 1.38 bits per heavy atom. The van der Waals surface area contributed by atoms with Crippen LogP contribution in [-0.2, 0) is 14.0 Å². The molecule has 0 aliphatic rings. The molecular formula is C11H22O4Si. The Kier molecular flexibility index (Phi) is 7.28. The highest BCUT2D eigenvalue weighted by Crippen LogP contribution is 2.13. The topological polar surface area (TPSA) is 55.8 Å². The molecule has 0 amide bonds. The van der Waals surface area contributed by atoms with E-state index in [1.807, 2.05) is 0 Å². The number of aliphatic hydroxyl groups is 1. The molecule has 0 saturated carbocycles. The lowest BCUT2D eigenvalue weighted by molar-refractivity contribution is -0.138. The fourth-order valence-electron chi connectivity index (χ4n) is 1.18. The second-order valence-electron chi connectivity index (χ2n) is 4.35. The van der Waals surface area contributed by atoms with Gasteiger partial charge in [0.05, 0.1) is 19.8 Å². The van der Waals surface area contributed by atoms with Gasteiger partial charge in [0, 0.05) is 5.57 Å². The largest absolute Gasteiger partial charge is 0.462 e. The summed E-state index contributed by atoms with van der Waals surface area (Å²) in [6, 6.07) is 0.913. The van der Waals surface area contributed by atoms with Crippen molar-refractivity contribution >= 4 is 14.3 Å². The summed E-state index contributed by atoms with van der Waals surface area (Å²) in [6.07, 6.45) is 0.795. The van der Waals surface area contributed by atoms with Crippen LogP contribution in [0.15, 0.2) is 12.2 Å². The maximum absolute atomic E-state index is 11.1. The lowest BCUT2D eigenvalue weighted by Gasteiger charge is -2.22. The molecule has 1 N–H and O–H groups in total. The van der Waals surface area contributed by atoms with Crippen LogP contribution in [0.1, 0.15) is 13.3 Å². The Morgan fingerprint density at radius 3 is 2.50 bits per heavy atom. The number of ether oxygens (including phenoxy) is 1. The summed E-state index contributed by atoms with van der Waals surface area (Å²) in [4.78, 5) is 11.1. The molecule has 4 nitrogen and oxygen atoms in total. The minimum Gasteiger partial charge on any atom is -0.462 e. The van der Waals surface area contributed by atoms with E-state index in [0.717, 1.165) is 12.5 Å². The smallest absolute Gasteiger partial charge is 0.333 e. The van der Waals surface area contributed by atoms with Gasteiger partial charge in [-0.15, -0.1) is 0 Å². The van der Waals surface area contributed by atoms with Gasteiger partial charge in [0.25, 0.3) is 0 Å². The second-order valence-corrected chi connectivity index (χ2v) is 8.66. The van der Waals surface area contributed by atoms with Gasteiger partial charge in [-0.2, -0.15) is 0 Å². The van der Waals surface area contributed by atoms with E-state index in [9.17, 15) is 4.79 Å². The van der Waals surface area contributed by atoms with Gasteiger partial charge in [0.15, 0.2) is 8.32 Å². The van der Waals surface area contributed by atoms with Crippen molar-refractivity contribution in [2.45, 2.75) is 32.5 Å². The summed E-state index contributed by atoms with van der Waals surface area (Å²) in [5.41, 5.74) is 0.424. The van der Waals surface area contributed by atoms with Crippen molar-refractivity contribution < 1.29 is 19.1 Å². The van der Waals surface area contributed by atoms with Crippen molar-refractivity contribution in [2.75, 3.05) is 19.8 Å². The van der Waals surface area contributed by atoms with Gasteiger partial charge in [-0.25, -0.2) is 4.79 Å². The van der Waals surface area contributed by atoms with Gasteiger partial charge in [-0.3, -0.25) is 0 Å². The third-order valence-corrected chi connectivity index (χ3v) is 4.63. The van der Waals surface area contributed by atoms with E-state index in [-0.39, 0.29) is 12.6 Å². The summed E-state index contributed by atoms with van der Waals surface area (Å²) in [6.45, 7) is 10.2. The van der Waals surface area contributed by atoms with E-state index >= 15 is 0 Å². The van der Waals surface area contributed by atoms with Gasteiger partial charge >= 0.3 is 5.97 Å². The molecule has 0 radical (unpaired) electrons. The lowest BCUT2D eigenvalue weighted by Crippen LogP contribution is -2.31. The van der Waals surface area contributed by atoms with Crippen LogP contribution >= 0.6 is 0 Å². The van der Waals surface area contributed by atoms with E-state index in [0.29, 0.717) is 18.8 Å². The van der Waals surface area contributed by atoms with Crippen LogP contribution in [0.2, 0.25) is 19.1 Å². The minimum atomic E-state index is -1.70. The fourth-order valence-corrected chi connectivity index (χ4v) is 2.96. The SMILES string of the molecule is C=C(C)C(=O)OCCC[Si](C)(C)OCCO. The van der Waals surface area contributed by atoms with E-state index in [1.54, 1.807) is 6.92 Å². The Hall–Kier alpha value is -0.653. The molecular weight excluding hydrogens is 224 g/mol. The van der Waals surface area contributed by atoms with Crippen molar-refractivity contribution in [1.29, 1.82) is 0 Å². The summed E-state index contributed by atoms with van der Waals surface area (Å²) in [7, 11) is -1.70. The maximum Gasteiger partial charge on any atom is 0.333 e. The summed E-state index contributed by atoms with van der Waals surface area (Å²) in [5, 5.41) is 8.65. The van der Waals surface area contributed by atoms with Crippen LogP contribution in [0.4, 0.5) is 0 Å². The van der Waals surface area contributed by atoms with E-state index in [4.69, 9.17) is 14.3 Å². The number of rotatable bonds is 8. The number of aliphatic hydroxyl groups excluding tert-OH is 1. The zero-order valence-electron chi connectivity index (χ0n) is 10.4. The monoisotopic (exact) mass is 246 g/mol. The van der Waals surface area contributed by atoms with E-state index in [1.165, 1.54) is 0 Å². The molecule has 0 rings (SSSR count). The number of esters is 1. The molecule has 0 saturated heterocycles. The summed E-state index contributed by atoms with van der Waals surface area (Å²) >= 11 is 0. The predicted octanol–water partition coefficient (Wildman–Crippen LogP) is 1.71. The molecule has 16 heavy (non-hydrogen) atoms. The highest BCUT2D eigenvalue weighted by atomic mass is 28.4. The molecule has 0 aliphatic carbocycles. The Bertz CT molecular complexity index is 238. The van der Waals surface area contributed by atoms with Crippen molar-refractivity contribution in [2.24, 2.45) is 0 Å². The number of carbonyl (C=O) groups is 1. The molecule has 5 heteroatoms. The fraction of sp³-hybridized carbons (Fsp3) is 0.727. The van der Waals surface area contributed by atoms with Gasteiger partial charge in [-0.1, -0.05) is 6.58 Å². The highest BCUT2D eigenvalue weighted by molar-refractivity contribution is 6.71. The molecule has 0 heterocycles. The van der Waals surface area contributed by atoms with Crippen molar-refractivity contribution in [1.82, 2.24) is 0 Å². The van der Waals surface area contributed by atoms with Crippen LogP contribution in [0, 0.1) is 0 Å². The first-order valence-corrected chi connectivity index (χ1v) is 8.58. The van der Waals surface area contributed by atoms with Crippen LogP contribution in [0.3, 0.4) is 0 Å². The third-order valence-electron chi connectivity index (χ3n) is 2.09. The first-order valence-electron chi connectivity index (χ1n) is 5.46. The molecule has 0 bridgehead atoms. The van der Waals surface area contributed by atoms with Crippen LogP contribution in [-0.4, -0.2) is 39.2 Å². The Labute approximate surface area is 98.4 Å². The molecule has 0 aromatic carbocycles. The van der Waals surface area contributed by atoms with Gasteiger partial charge in [0.2, 0.25) is 0 Å². The first-order chi connectivity index (χ1) is 7.39. The normalized spacial score (nSPS) is 11.2.